The van der Waals surface area contributed by atoms with E-state index in [1.54, 1.807) is 25.9 Å². The maximum atomic E-state index is 13.4. The molecular weight excluding hydrogens is 355 g/mol. The lowest BCUT2D eigenvalue weighted by Crippen LogP contribution is -2.32. The molecular formula is C20H24F3N3O. The summed E-state index contributed by atoms with van der Waals surface area (Å²) in [6.45, 7) is 3.82. The number of urea groups is 1. The quantitative estimate of drug-likeness (QED) is 0.748. The topological polar surface area (TPSA) is 44.4 Å². The number of benzene rings is 2. The van der Waals surface area contributed by atoms with Crippen LogP contribution >= 0.6 is 0 Å². The van der Waals surface area contributed by atoms with Crippen LogP contribution in [-0.4, -0.2) is 20.1 Å². The van der Waals surface area contributed by atoms with Gasteiger partial charge in [-0.3, -0.25) is 0 Å². The van der Waals surface area contributed by atoms with Crippen molar-refractivity contribution in [2.45, 2.75) is 32.5 Å². The molecule has 0 heterocycles. The van der Waals surface area contributed by atoms with Crippen molar-refractivity contribution in [1.29, 1.82) is 0 Å². The first-order valence-corrected chi connectivity index (χ1v) is 8.66. The van der Waals surface area contributed by atoms with Crippen molar-refractivity contribution in [3.63, 3.8) is 0 Å². The Hall–Kier alpha value is -2.70. The molecule has 2 N–H and O–H groups in total. The van der Waals surface area contributed by atoms with E-state index < -0.39 is 17.8 Å². The molecule has 0 aliphatic carbocycles. The number of alkyl halides is 3. The molecule has 1 atom stereocenters. The monoisotopic (exact) mass is 379 g/mol. The third-order valence-electron chi connectivity index (χ3n) is 4.31. The number of rotatable bonds is 5. The number of anilines is 2. The molecule has 146 valence electrons. The second-order valence-electron chi connectivity index (χ2n) is 6.54. The first-order chi connectivity index (χ1) is 12.6. The van der Waals surface area contributed by atoms with E-state index in [9.17, 15) is 18.0 Å². The smallest absolute Gasteiger partial charge is 0.378 e. The molecule has 27 heavy (non-hydrogen) atoms. The van der Waals surface area contributed by atoms with Crippen LogP contribution < -0.4 is 15.5 Å². The molecule has 0 aliphatic heterocycles. The first kappa shape index (κ1) is 20.6. The van der Waals surface area contributed by atoms with Crippen LogP contribution in [-0.2, 0) is 12.6 Å². The van der Waals surface area contributed by atoms with Crippen LogP contribution in [0.4, 0.5) is 29.3 Å². The van der Waals surface area contributed by atoms with Crippen molar-refractivity contribution in [2.24, 2.45) is 0 Å². The molecule has 2 aromatic rings. The normalized spacial score (nSPS) is 12.4. The maximum Gasteiger partial charge on any atom is 0.418 e. The molecule has 0 saturated carbocycles. The van der Waals surface area contributed by atoms with Crippen LogP contribution in [0.5, 0.6) is 0 Å². The molecule has 7 heteroatoms. The van der Waals surface area contributed by atoms with E-state index in [0.717, 1.165) is 18.1 Å². The second kappa shape index (κ2) is 8.33. The van der Waals surface area contributed by atoms with Gasteiger partial charge in [-0.05, 0) is 42.7 Å². The van der Waals surface area contributed by atoms with E-state index in [1.165, 1.54) is 17.7 Å². The minimum absolute atomic E-state index is 0.279. The lowest BCUT2D eigenvalue weighted by molar-refractivity contribution is -0.136. The van der Waals surface area contributed by atoms with Gasteiger partial charge in [0, 0.05) is 19.8 Å². The van der Waals surface area contributed by atoms with Crippen LogP contribution in [0, 0.1) is 0 Å². The predicted molar refractivity (Wildman–Crippen MR) is 102 cm³/mol. The molecule has 0 radical (unpaired) electrons. The Morgan fingerprint density at radius 2 is 1.74 bits per heavy atom. The Morgan fingerprint density at radius 3 is 2.26 bits per heavy atom. The number of amides is 2. The fourth-order valence-electron chi connectivity index (χ4n) is 2.63. The number of aryl methyl sites for hydroxylation is 1. The number of carbonyl (C=O) groups excluding carboxylic acids is 1. The third-order valence-corrected chi connectivity index (χ3v) is 4.31. The number of hydrogen-bond donors (Lipinski definition) is 2. The predicted octanol–water partition coefficient (Wildman–Crippen LogP) is 5.22. The summed E-state index contributed by atoms with van der Waals surface area (Å²) in [5, 5.41) is 4.99. The Kier molecular flexibility index (Phi) is 6.36. The van der Waals surface area contributed by atoms with Crippen molar-refractivity contribution in [2.75, 3.05) is 24.3 Å². The highest BCUT2D eigenvalue weighted by atomic mass is 19.4. The van der Waals surface area contributed by atoms with E-state index in [1.807, 2.05) is 31.2 Å². The van der Waals surface area contributed by atoms with Crippen LogP contribution in [0.3, 0.4) is 0 Å². The lowest BCUT2D eigenvalue weighted by atomic mass is 10.1. The van der Waals surface area contributed by atoms with Gasteiger partial charge in [0.25, 0.3) is 0 Å². The molecule has 0 aliphatic rings. The van der Waals surface area contributed by atoms with Gasteiger partial charge in [0.05, 0.1) is 17.3 Å². The van der Waals surface area contributed by atoms with Gasteiger partial charge >= 0.3 is 12.2 Å². The Balaban J connectivity index is 2.14. The third kappa shape index (κ3) is 5.39. The number of halogens is 3. The number of nitrogens with zero attached hydrogens (tertiary/aromatic N) is 1. The summed E-state index contributed by atoms with van der Waals surface area (Å²) < 4.78 is 40.1. The Bertz CT molecular complexity index is 786. The van der Waals surface area contributed by atoms with Gasteiger partial charge in [-0.15, -0.1) is 0 Å². The molecule has 2 aromatic carbocycles. The zero-order chi connectivity index (χ0) is 20.2. The van der Waals surface area contributed by atoms with Gasteiger partial charge < -0.3 is 15.5 Å². The second-order valence-corrected chi connectivity index (χ2v) is 6.54. The number of nitrogens with one attached hydrogen (secondary N) is 2. The molecule has 0 bridgehead atoms. The van der Waals surface area contributed by atoms with Crippen molar-refractivity contribution in [3.8, 4) is 0 Å². The molecule has 0 saturated heterocycles. The standard InChI is InChI=1S/C20H24F3N3O/c1-5-14-6-8-15(9-7-14)13(2)24-19(27)25-18-11-10-16(26(3)4)12-17(18)20(21,22)23/h6-13H,5H2,1-4H3,(H2,24,25,27). The first-order valence-electron chi connectivity index (χ1n) is 8.66. The van der Waals surface area contributed by atoms with Crippen LogP contribution in [0.15, 0.2) is 42.5 Å². The lowest BCUT2D eigenvalue weighted by Gasteiger charge is -2.20. The zero-order valence-electron chi connectivity index (χ0n) is 15.8. The molecule has 0 aromatic heterocycles. The summed E-state index contributed by atoms with van der Waals surface area (Å²) in [6, 6.07) is 10.5. The summed E-state index contributed by atoms with van der Waals surface area (Å²) in [6.07, 6.45) is -3.66. The van der Waals surface area contributed by atoms with Crippen LogP contribution in [0.2, 0.25) is 0 Å². The van der Waals surface area contributed by atoms with Gasteiger partial charge in [-0.25, -0.2) is 4.79 Å². The van der Waals surface area contributed by atoms with Crippen molar-refractivity contribution < 1.29 is 18.0 Å². The fraction of sp³-hybridized carbons (Fsp3) is 0.350. The summed E-state index contributed by atoms with van der Waals surface area (Å²) in [5.41, 5.74) is 1.29. The average molecular weight is 379 g/mol. The molecule has 0 fully saturated rings. The van der Waals surface area contributed by atoms with E-state index in [2.05, 4.69) is 10.6 Å². The largest absolute Gasteiger partial charge is 0.418 e. The highest BCUT2D eigenvalue weighted by molar-refractivity contribution is 5.90. The van der Waals surface area contributed by atoms with E-state index in [0.29, 0.717) is 5.69 Å². The summed E-state index contributed by atoms with van der Waals surface area (Å²) in [7, 11) is 3.31. The van der Waals surface area contributed by atoms with Crippen molar-refractivity contribution in [3.05, 3.63) is 59.2 Å². The highest BCUT2D eigenvalue weighted by Gasteiger charge is 2.34. The molecule has 2 amide bonds. The fourth-order valence-corrected chi connectivity index (χ4v) is 2.63. The van der Waals surface area contributed by atoms with E-state index >= 15 is 0 Å². The number of carbonyl (C=O) groups is 1. The summed E-state index contributed by atoms with van der Waals surface area (Å²) >= 11 is 0. The summed E-state index contributed by atoms with van der Waals surface area (Å²) in [4.78, 5) is 13.8. The average Bonchev–Trinajstić information content (AvgIpc) is 2.60. The van der Waals surface area contributed by atoms with Gasteiger partial charge in [-0.2, -0.15) is 13.2 Å². The molecule has 0 spiro atoms. The highest BCUT2D eigenvalue weighted by Crippen LogP contribution is 2.37. The molecule has 2 rings (SSSR count). The maximum absolute atomic E-state index is 13.4. The van der Waals surface area contributed by atoms with E-state index in [4.69, 9.17) is 0 Å². The minimum Gasteiger partial charge on any atom is -0.378 e. The van der Waals surface area contributed by atoms with Gasteiger partial charge in [0.1, 0.15) is 0 Å². The van der Waals surface area contributed by atoms with Gasteiger partial charge in [0.15, 0.2) is 0 Å². The summed E-state index contributed by atoms with van der Waals surface area (Å²) in [5.74, 6) is 0. The Morgan fingerprint density at radius 1 is 1.11 bits per heavy atom. The van der Waals surface area contributed by atoms with E-state index in [-0.39, 0.29) is 11.7 Å². The van der Waals surface area contributed by atoms with Gasteiger partial charge in [0.2, 0.25) is 0 Å². The Labute approximate surface area is 157 Å². The van der Waals surface area contributed by atoms with Gasteiger partial charge in [-0.1, -0.05) is 31.2 Å². The zero-order valence-corrected chi connectivity index (χ0v) is 15.8. The van der Waals surface area contributed by atoms with Crippen molar-refractivity contribution in [1.82, 2.24) is 5.32 Å². The SMILES string of the molecule is CCc1ccc(C(C)NC(=O)Nc2ccc(N(C)C)cc2C(F)(F)F)cc1. The van der Waals surface area contributed by atoms with Crippen LogP contribution in [0.25, 0.3) is 0 Å². The van der Waals surface area contributed by atoms with Crippen molar-refractivity contribution >= 4 is 17.4 Å². The van der Waals surface area contributed by atoms with Crippen LogP contribution in [0.1, 0.15) is 36.6 Å². The molecule has 1 unspecified atom stereocenters. The molecule has 4 nitrogen and oxygen atoms in total. The minimum atomic E-state index is -4.57. The number of hydrogen-bond acceptors (Lipinski definition) is 2.